The van der Waals surface area contributed by atoms with Crippen LogP contribution in [-0.2, 0) is 16.1 Å². The van der Waals surface area contributed by atoms with Crippen molar-refractivity contribution in [2.45, 2.75) is 19.5 Å². The van der Waals surface area contributed by atoms with Gasteiger partial charge in [-0.15, -0.1) is 0 Å². The van der Waals surface area contributed by atoms with Crippen LogP contribution in [0.5, 0.6) is 0 Å². The highest BCUT2D eigenvalue weighted by Gasteiger charge is 2.09. The summed E-state index contributed by atoms with van der Waals surface area (Å²) in [4.78, 5) is 21.7. The Balaban J connectivity index is 2.57. The minimum absolute atomic E-state index is 0.386. The summed E-state index contributed by atoms with van der Waals surface area (Å²) >= 11 is 0. The van der Waals surface area contributed by atoms with Gasteiger partial charge in [-0.1, -0.05) is 12.1 Å². The fraction of sp³-hybridized carbons (Fsp3) is 0.333. The van der Waals surface area contributed by atoms with Gasteiger partial charge in [0.2, 0.25) is 0 Å². The fourth-order valence-corrected chi connectivity index (χ4v) is 1.23. The molecule has 17 heavy (non-hydrogen) atoms. The van der Waals surface area contributed by atoms with Crippen LogP contribution in [0, 0.1) is 0 Å². The predicted octanol–water partition coefficient (Wildman–Crippen LogP) is 1.04. The maximum Gasteiger partial charge on any atom is 0.337 e. The van der Waals surface area contributed by atoms with Crippen LogP contribution in [0.4, 0.5) is 0 Å². The Labute approximate surface area is 99.4 Å². The van der Waals surface area contributed by atoms with Gasteiger partial charge < -0.3 is 15.2 Å². The van der Waals surface area contributed by atoms with Gasteiger partial charge in [0, 0.05) is 6.54 Å². The Morgan fingerprint density at radius 1 is 1.35 bits per heavy atom. The number of benzene rings is 1. The maximum atomic E-state index is 11.2. The normalized spacial score (nSPS) is 11.9. The molecule has 0 unspecified atom stereocenters. The van der Waals surface area contributed by atoms with Crippen LogP contribution in [-0.4, -0.2) is 30.2 Å². The molecular weight excluding hydrogens is 222 g/mol. The lowest BCUT2D eigenvalue weighted by molar-refractivity contribution is -0.139. The van der Waals surface area contributed by atoms with E-state index in [0.29, 0.717) is 12.1 Å². The molecule has 0 aromatic heterocycles. The Morgan fingerprint density at radius 2 is 1.94 bits per heavy atom. The third-order valence-electron chi connectivity index (χ3n) is 2.36. The summed E-state index contributed by atoms with van der Waals surface area (Å²) in [5, 5.41) is 11.5. The summed E-state index contributed by atoms with van der Waals surface area (Å²) in [5.74, 6) is -1.28. The van der Waals surface area contributed by atoms with E-state index < -0.39 is 12.0 Å². The molecule has 1 atom stereocenters. The first-order chi connectivity index (χ1) is 8.04. The van der Waals surface area contributed by atoms with Crippen LogP contribution in [0.1, 0.15) is 22.8 Å². The van der Waals surface area contributed by atoms with Gasteiger partial charge in [0.25, 0.3) is 0 Å². The van der Waals surface area contributed by atoms with Gasteiger partial charge in [-0.3, -0.25) is 4.79 Å². The van der Waals surface area contributed by atoms with Crippen molar-refractivity contribution in [2.75, 3.05) is 7.11 Å². The molecule has 1 aromatic carbocycles. The van der Waals surface area contributed by atoms with Crippen LogP contribution < -0.4 is 5.32 Å². The van der Waals surface area contributed by atoms with Crippen LogP contribution in [0.25, 0.3) is 0 Å². The second-order valence-electron chi connectivity index (χ2n) is 3.63. The van der Waals surface area contributed by atoms with E-state index in [2.05, 4.69) is 10.1 Å². The zero-order chi connectivity index (χ0) is 12.8. The number of esters is 1. The molecule has 0 aliphatic heterocycles. The summed E-state index contributed by atoms with van der Waals surface area (Å²) < 4.78 is 4.57. The molecule has 0 amide bonds. The van der Waals surface area contributed by atoms with Crippen LogP contribution in [0.15, 0.2) is 24.3 Å². The monoisotopic (exact) mass is 237 g/mol. The number of nitrogens with one attached hydrogen (secondary N) is 1. The van der Waals surface area contributed by atoms with E-state index in [4.69, 9.17) is 5.11 Å². The molecular formula is C12H15NO4. The standard InChI is InChI=1S/C12H15NO4/c1-8(11(14)15)13-7-9-3-5-10(6-4-9)12(16)17-2/h3-6,8,13H,7H2,1-2H3,(H,14,15)/t8-/m1/s1. The molecule has 0 spiro atoms. The zero-order valence-electron chi connectivity index (χ0n) is 9.77. The number of rotatable bonds is 5. The maximum absolute atomic E-state index is 11.2. The molecule has 0 aliphatic rings. The quantitative estimate of drug-likeness (QED) is 0.748. The molecule has 0 aliphatic carbocycles. The molecule has 0 radical (unpaired) electrons. The van der Waals surface area contributed by atoms with Gasteiger partial charge in [-0.25, -0.2) is 4.79 Å². The second-order valence-corrected chi connectivity index (χ2v) is 3.63. The van der Waals surface area contributed by atoms with Crippen molar-refractivity contribution in [2.24, 2.45) is 0 Å². The predicted molar refractivity (Wildman–Crippen MR) is 61.7 cm³/mol. The van der Waals surface area contributed by atoms with Crippen LogP contribution >= 0.6 is 0 Å². The summed E-state index contributed by atoms with van der Waals surface area (Å²) in [7, 11) is 1.33. The van der Waals surface area contributed by atoms with E-state index >= 15 is 0 Å². The van der Waals surface area contributed by atoms with Crippen molar-refractivity contribution < 1.29 is 19.4 Å². The summed E-state index contributed by atoms with van der Waals surface area (Å²) in [6.07, 6.45) is 0. The Morgan fingerprint density at radius 3 is 2.41 bits per heavy atom. The van der Waals surface area contributed by atoms with Crippen molar-refractivity contribution in [3.05, 3.63) is 35.4 Å². The van der Waals surface area contributed by atoms with Gasteiger partial charge in [0.1, 0.15) is 6.04 Å². The van der Waals surface area contributed by atoms with Crippen molar-refractivity contribution in [1.29, 1.82) is 0 Å². The number of carboxylic acid groups (broad SMARTS) is 1. The molecule has 5 heteroatoms. The summed E-state index contributed by atoms with van der Waals surface area (Å²) in [6.45, 7) is 2.01. The fourth-order valence-electron chi connectivity index (χ4n) is 1.23. The van der Waals surface area contributed by atoms with Gasteiger partial charge in [-0.05, 0) is 24.6 Å². The molecule has 0 saturated carbocycles. The number of carbonyl (C=O) groups is 2. The smallest absolute Gasteiger partial charge is 0.337 e. The highest BCUT2D eigenvalue weighted by atomic mass is 16.5. The van der Waals surface area contributed by atoms with Crippen molar-refractivity contribution >= 4 is 11.9 Å². The lowest BCUT2D eigenvalue weighted by Gasteiger charge is -2.09. The molecule has 1 rings (SSSR count). The molecule has 0 heterocycles. The largest absolute Gasteiger partial charge is 0.480 e. The van der Waals surface area contributed by atoms with E-state index in [1.54, 1.807) is 31.2 Å². The van der Waals surface area contributed by atoms with E-state index in [9.17, 15) is 9.59 Å². The number of aliphatic carboxylic acids is 1. The van der Waals surface area contributed by atoms with E-state index in [1.807, 2.05) is 0 Å². The number of ether oxygens (including phenoxy) is 1. The van der Waals surface area contributed by atoms with Crippen LogP contribution in [0.2, 0.25) is 0 Å². The van der Waals surface area contributed by atoms with Crippen molar-refractivity contribution in [3.63, 3.8) is 0 Å². The van der Waals surface area contributed by atoms with Gasteiger partial charge in [-0.2, -0.15) is 0 Å². The van der Waals surface area contributed by atoms with E-state index in [0.717, 1.165) is 5.56 Å². The number of methoxy groups -OCH3 is 1. The molecule has 92 valence electrons. The lowest BCUT2D eigenvalue weighted by atomic mass is 10.1. The minimum atomic E-state index is -0.892. The first-order valence-corrected chi connectivity index (χ1v) is 5.18. The zero-order valence-corrected chi connectivity index (χ0v) is 9.77. The first kappa shape index (κ1) is 13.2. The lowest BCUT2D eigenvalue weighted by Crippen LogP contribution is -2.33. The molecule has 0 saturated heterocycles. The minimum Gasteiger partial charge on any atom is -0.480 e. The van der Waals surface area contributed by atoms with Gasteiger partial charge in [0.05, 0.1) is 12.7 Å². The highest BCUT2D eigenvalue weighted by Crippen LogP contribution is 2.05. The van der Waals surface area contributed by atoms with Gasteiger partial charge >= 0.3 is 11.9 Å². The average molecular weight is 237 g/mol. The Kier molecular flexibility index (Phi) is 4.66. The number of carbonyl (C=O) groups excluding carboxylic acids is 1. The molecule has 0 bridgehead atoms. The highest BCUT2D eigenvalue weighted by molar-refractivity contribution is 5.89. The van der Waals surface area contributed by atoms with Crippen molar-refractivity contribution in [3.8, 4) is 0 Å². The van der Waals surface area contributed by atoms with E-state index in [-0.39, 0.29) is 5.97 Å². The average Bonchev–Trinajstić information content (AvgIpc) is 2.35. The topological polar surface area (TPSA) is 75.6 Å². The number of hydrogen-bond acceptors (Lipinski definition) is 4. The van der Waals surface area contributed by atoms with E-state index in [1.165, 1.54) is 7.11 Å². The molecule has 5 nitrogen and oxygen atoms in total. The summed E-state index contributed by atoms with van der Waals surface area (Å²) in [5.41, 5.74) is 1.38. The number of hydrogen-bond donors (Lipinski definition) is 2. The third kappa shape index (κ3) is 3.88. The van der Waals surface area contributed by atoms with Crippen LogP contribution in [0.3, 0.4) is 0 Å². The Hall–Kier alpha value is -1.88. The second kappa shape index (κ2) is 6.00. The summed E-state index contributed by atoms with van der Waals surface area (Å²) in [6, 6.07) is 6.21. The number of carboxylic acids is 1. The SMILES string of the molecule is COC(=O)c1ccc(CN[C@H](C)C(=O)O)cc1. The Bertz CT molecular complexity index is 399. The van der Waals surface area contributed by atoms with Gasteiger partial charge in [0.15, 0.2) is 0 Å². The molecule has 1 aromatic rings. The molecule has 0 fully saturated rings. The molecule has 2 N–H and O–H groups in total. The third-order valence-corrected chi connectivity index (χ3v) is 2.36. The first-order valence-electron chi connectivity index (χ1n) is 5.18. The van der Waals surface area contributed by atoms with Crippen molar-refractivity contribution in [1.82, 2.24) is 5.32 Å².